The van der Waals surface area contributed by atoms with Crippen molar-refractivity contribution < 1.29 is 4.79 Å². The van der Waals surface area contributed by atoms with E-state index in [0.717, 1.165) is 19.5 Å². The lowest BCUT2D eigenvalue weighted by Gasteiger charge is -2.34. The smallest absolute Gasteiger partial charge is 0.232 e. The highest BCUT2D eigenvalue weighted by atomic mass is 16.2. The van der Waals surface area contributed by atoms with Crippen LogP contribution < -0.4 is 5.32 Å². The number of likely N-dealkylation sites (N-methyl/N-ethyl adjacent to an activating group) is 1. The topological polar surface area (TPSA) is 32.3 Å². The molecule has 1 aromatic carbocycles. The van der Waals surface area contributed by atoms with Gasteiger partial charge >= 0.3 is 0 Å². The molecule has 1 unspecified atom stereocenters. The number of hydrogen-bond donors (Lipinski definition) is 1. The lowest BCUT2D eigenvalue weighted by Crippen LogP contribution is -2.50. The van der Waals surface area contributed by atoms with Crippen LogP contribution >= 0.6 is 0 Å². The van der Waals surface area contributed by atoms with E-state index in [1.165, 1.54) is 11.1 Å². The number of carbonyl (C=O) groups is 1. The summed E-state index contributed by atoms with van der Waals surface area (Å²) in [6, 6.07) is 8.32. The van der Waals surface area contributed by atoms with E-state index in [9.17, 15) is 4.79 Å². The Labute approximate surface area is 95.4 Å². The fourth-order valence-corrected chi connectivity index (χ4v) is 3.01. The van der Waals surface area contributed by atoms with E-state index in [0.29, 0.717) is 6.54 Å². The van der Waals surface area contributed by atoms with Crippen LogP contribution in [0.1, 0.15) is 17.5 Å². The molecule has 16 heavy (non-hydrogen) atoms. The summed E-state index contributed by atoms with van der Waals surface area (Å²) in [5.74, 6) is 0.204. The van der Waals surface area contributed by atoms with Gasteiger partial charge in [0.05, 0.1) is 5.41 Å². The summed E-state index contributed by atoms with van der Waals surface area (Å²) in [7, 11) is 2.08. The third-order valence-electron chi connectivity index (χ3n) is 3.87. The number of fused-ring (bicyclic) bond motifs is 2. The maximum Gasteiger partial charge on any atom is 0.232 e. The predicted octanol–water partition coefficient (Wildman–Crippen LogP) is 0.890. The van der Waals surface area contributed by atoms with Crippen LogP contribution in [0.5, 0.6) is 0 Å². The molecule has 0 radical (unpaired) electrons. The van der Waals surface area contributed by atoms with Crippen molar-refractivity contribution in [2.75, 3.05) is 20.1 Å². The van der Waals surface area contributed by atoms with E-state index < -0.39 is 0 Å². The van der Waals surface area contributed by atoms with Crippen LogP contribution in [0.15, 0.2) is 24.3 Å². The van der Waals surface area contributed by atoms with Gasteiger partial charge in [0.2, 0.25) is 5.91 Å². The number of carbonyl (C=O) groups excluding carboxylic acids is 1. The van der Waals surface area contributed by atoms with Crippen LogP contribution in [0.4, 0.5) is 0 Å². The molecule has 2 aliphatic heterocycles. The number of nitrogens with zero attached hydrogens (tertiary/aromatic N) is 1. The van der Waals surface area contributed by atoms with Gasteiger partial charge in [0.25, 0.3) is 0 Å². The lowest BCUT2D eigenvalue weighted by atomic mass is 9.74. The second kappa shape index (κ2) is 3.32. The molecular formula is C13H16N2O. The van der Waals surface area contributed by atoms with E-state index in [4.69, 9.17) is 0 Å². The van der Waals surface area contributed by atoms with Gasteiger partial charge in [-0.2, -0.15) is 0 Å². The van der Waals surface area contributed by atoms with Crippen LogP contribution in [0, 0.1) is 0 Å². The fourth-order valence-electron chi connectivity index (χ4n) is 3.01. The molecule has 2 heterocycles. The summed E-state index contributed by atoms with van der Waals surface area (Å²) >= 11 is 0. The van der Waals surface area contributed by atoms with Gasteiger partial charge in [-0.1, -0.05) is 24.3 Å². The number of rotatable bonds is 0. The quantitative estimate of drug-likeness (QED) is 0.698. The van der Waals surface area contributed by atoms with Crippen molar-refractivity contribution in [3.05, 3.63) is 35.4 Å². The molecule has 0 saturated carbocycles. The van der Waals surface area contributed by atoms with E-state index in [1.54, 1.807) is 0 Å². The summed E-state index contributed by atoms with van der Waals surface area (Å²) in [6.45, 7) is 2.53. The number of benzene rings is 1. The third kappa shape index (κ3) is 1.21. The molecule has 3 heteroatoms. The highest BCUT2D eigenvalue weighted by molar-refractivity contribution is 5.91. The Balaban J connectivity index is 2.14. The van der Waals surface area contributed by atoms with Crippen molar-refractivity contribution in [1.82, 2.24) is 10.2 Å². The largest absolute Gasteiger partial charge is 0.351 e. The van der Waals surface area contributed by atoms with E-state index in [1.807, 2.05) is 12.1 Å². The summed E-state index contributed by atoms with van der Waals surface area (Å²) in [5.41, 5.74) is 2.23. The van der Waals surface area contributed by atoms with E-state index in [-0.39, 0.29) is 11.3 Å². The third-order valence-corrected chi connectivity index (χ3v) is 3.87. The first kappa shape index (κ1) is 9.85. The van der Waals surface area contributed by atoms with Gasteiger partial charge in [0.1, 0.15) is 0 Å². The van der Waals surface area contributed by atoms with E-state index in [2.05, 4.69) is 29.4 Å². The normalized spacial score (nSPS) is 29.2. The van der Waals surface area contributed by atoms with Crippen molar-refractivity contribution in [3.8, 4) is 0 Å². The van der Waals surface area contributed by atoms with Gasteiger partial charge in [-0.05, 0) is 31.1 Å². The van der Waals surface area contributed by atoms with Gasteiger partial charge in [0, 0.05) is 13.1 Å². The molecule has 1 amide bonds. The van der Waals surface area contributed by atoms with Crippen molar-refractivity contribution >= 4 is 5.91 Å². The first-order valence-electron chi connectivity index (χ1n) is 5.78. The minimum Gasteiger partial charge on any atom is -0.351 e. The average Bonchev–Trinajstić information content (AvgIpc) is 2.68. The molecule has 1 spiro atoms. The fraction of sp³-hybridized carbons (Fsp3) is 0.462. The standard InChI is InChI=1S/C13H16N2O/c1-15-7-6-13(9-15)11-5-3-2-4-10(11)8-14-12(13)16/h2-5H,6-9H2,1H3,(H,14,16). The first-order valence-corrected chi connectivity index (χ1v) is 5.78. The molecule has 1 saturated heterocycles. The van der Waals surface area contributed by atoms with Gasteiger partial charge in [-0.15, -0.1) is 0 Å². The van der Waals surface area contributed by atoms with E-state index >= 15 is 0 Å². The maximum atomic E-state index is 12.2. The predicted molar refractivity (Wildman–Crippen MR) is 62.1 cm³/mol. The van der Waals surface area contributed by atoms with Crippen LogP contribution in [0.2, 0.25) is 0 Å². The lowest BCUT2D eigenvalue weighted by molar-refractivity contribution is -0.127. The molecule has 1 fully saturated rings. The highest BCUT2D eigenvalue weighted by Crippen LogP contribution is 2.38. The molecule has 0 aromatic heterocycles. The molecular weight excluding hydrogens is 200 g/mol. The zero-order valence-corrected chi connectivity index (χ0v) is 9.49. The zero-order chi connectivity index (χ0) is 11.2. The van der Waals surface area contributed by atoms with Crippen molar-refractivity contribution in [2.45, 2.75) is 18.4 Å². The van der Waals surface area contributed by atoms with Crippen molar-refractivity contribution in [3.63, 3.8) is 0 Å². The van der Waals surface area contributed by atoms with Gasteiger partial charge < -0.3 is 10.2 Å². The van der Waals surface area contributed by atoms with Crippen molar-refractivity contribution in [2.24, 2.45) is 0 Å². The number of nitrogens with one attached hydrogen (secondary N) is 1. The SMILES string of the molecule is CN1CCC2(C1)C(=O)NCc1ccccc12. The Kier molecular flexibility index (Phi) is 2.04. The summed E-state index contributed by atoms with van der Waals surface area (Å²) in [5, 5.41) is 3.03. The van der Waals surface area contributed by atoms with Crippen LogP contribution in [0.25, 0.3) is 0 Å². The molecule has 1 aromatic rings. The Bertz CT molecular complexity index is 443. The average molecular weight is 216 g/mol. The van der Waals surface area contributed by atoms with Gasteiger partial charge in [0.15, 0.2) is 0 Å². The highest BCUT2D eigenvalue weighted by Gasteiger charge is 2.47. The minimum atomic E-state index is -0.288. The van der Waals surface area contributed by atoms with Gasteiger partial charge in [-0.3, -0.25) is 4.79 Å². The van der Waals surface area contributed by atoms with Crippen LogP contribution in [0.3, 0.4) is 0 Å². The Morgan fingerprint density at radius 1 is 1.38 bits per heavy atom. The number of hydrogen-bond acceptors (Lipinski definition) is 2. The molecule has 2 aliphatic rings. The summed E-state index contributed by atoms with van der Waals surface area (Å²) < 4.78 is 0. The second-order valence-corrected chi connectivity index (χ2v) is 4.91. The molecule has 0 aliphatic carbocycles. The first-order chi connectivity index (χ1) is 7.72. The second-order valence-electron chi connectivity index (χ2n) is 4.91. The molecule has 84 valence electrons. The van der Waals surface area contributed by atoms with Crippen LogP contribution in [-0.4, -0.2) is 30.9 Å². The van der Waals surface area contributed by atoms with Crippen LogP contribution in [-0.2, 0) is 16.8 Å². The van der Waals surface area contributed by atoms with Crippen molar-refractivity contribution in [1.29, 1.82) is 0 Å². The Morgan fingerprint density at radius 3 is 2.94 bits per heavy atom. The summed E-state index contributed by atoms with van der Waals surface area (Å²) in [6.07, 6.45) is 0.937. The molecule has 1 atom stereocenters. The number of likely N-dealkylation sites (tertiary alicyclic amines) is 1. The molecule has 3 nitrogen and oxygen atoms in total. The molecule has 0 bridgehead atoms. The maximum absolute atomic E-state index is 12.2. The van der Waals surface area contributed by atoms with Gasteiger partial charge in [-0.25, -0.2) is 0 Å². The Hall–Kier alpha value is -1.35. The minimum absolute atomic E-state index is 0.204. The number of amides is 1. The monoisotopic (exact) mass is 216 g/mol. The summed E-state index contributed by atoms with van der Waals surface area (Å²) in [4.78, 5) is 14.4. The molecule has 1 N–H and O–H groups in total. The Morgan fingerprint density at radius 2 is 2.19 bits per heavy atom. The molecule has 3 rings (SSSR count). The zero-order valence-electron chi connectivity index (χ0n) is 9.49.